The maximum absolute atomic E-state index is 6.80. The van der Waals surface area contributed by atoms with Gasteiger partial charge in [0.2, 0.25) is 0 Å². The monoisotopic (exact) mass is 1690 g/mol. The molecule has 0 saturated heterocycles. The summed E-state index contributed by atoms with van der Waals surface area (Å²) >= 11 is 0. The second-order valence-electron chi connectivity index (χ2n) is 36.4. The van der Waals surface area contributed by atoms with Crippen LogP contribution in [0.3, 0.4) is 0 Å². The van der Waals surface area contributed by atoms with E-state index in [2.05, 4.69) is 261 Å². The van der Waals surface area contributed by atoms with Crippen LogP contribution in [-0.4, -0.2) is 29.9 Å². The molecule has 0 saturated carbocycles. The molecule has 25 aromatic rings. The molecule has 131 heavy (non-hydrogen) atoms. The Kier molecular flexibility index (Phi) is 16.5. The van der Waals surface area contributed by atoms with Gasteiger partial charge < -0.3 is 26.5 Å². The molecule has 0 fully saturated rings. The topological polar surface area (TPSA) is 156 Å². The largest absolute Gasteiger partial charge is 0.456 e. The van der Waals surface area contributed by atoms with E-state index >= 15 is 0 Å². The predicted octanol–water partition coefficient (Wildman–Crippen LogP) is 32.1. The number of furan rings is 6. The summed E-state index contributed by atoms with van der Waals surface area (Å²) in [5.41, 5.74) is 37.4. The van der Waals surface area contributed by atoms with Gasteiger partial charge in [0.25, 0.3) is 0 Å². The van der Waals surface area contributed by atoms with E-state index in [-0.39, 0.29) is 16.2 Å². The summed E-state index contributed by atoms with van der Waals surface area (Å²) in [6, 6.07) is 122. The first-order valence-electron chi connectivity index (χ1n) is 44.8. The van der Waals surface area contributed by atoms with Gasteiger partial charge in [-0.3, -0.25) is 0 Å². The van der Waals surface area contributed by atoms with E-state index in [0.717, 1.165) is 177 Å². The Morgan fingerprint density at radius 2 is 0.588 bits per heavy atom. The van der Waals surface area contributed by atoms with Gasteiger partial charge in [-0.2, -0.15) is 0 Å². The molecule has 0 radical (unpaired) electrons. The van der Waals surface area contributed by atoms with Crippen LogP contribution in [0.2, 0.25) is 0 Å². The average Bonchev–Trinajstić information content (AvgIpc) is 1.85. The lowest BCUT2D eigenvalue weighted by Gasteiger charge is -2.33. The van der Waals surface area contributed by atoms with E-state index < -0.39 is 0 Å². The zero-order chi connectivity index (χ0) is 87.4. The maximum Gasteiger partial charge on any atom is 0.180 e. The quantitative estimate of drug-likeness (QED) is 0.142. The van der Waals surface area contributed by atoms with Crippen molar-refractivity contribution in [3.63, 3.8) is 0 Å². The van der Waals surface area contributed by atoms with Crippen LogP contribution in [0.4, 0.5) is 0 Å². The van der Waals surface area contributed by atoms with Crippen LogP contribution in [0.25, 0.3) is 244 Å². The van der Waals surface area contributed by atoms with E-state index in [1.807, 2.05) is 140 Å². The third-order valence-electron chi connectivity index (χ3n) is 28.2. The summed E-state index contributed by atoms with van der Waals surface area (Å²) in [6.07, 6.45) is 0. The molecule has 12 heteroatoms. The molecular weight excluding hydrogens is 1610 g/mol. The van der Waals surface area contributed by atoms with Crippen molar-refractivity contribution in [2.45, 2.75) is 64.7 Å². The molecule has 0 amide bonds. The highest BCUT2D eigenvalue weighted by molar-refractivity contribution is 6.20. The van der Waals surface area contributed by atoms with Gasteiger partial charge >= 0.3 is 0 Å². The minimum atomic E-state index is -0.287. The summed E-state index contributed by atoms with van der Waals surface area (Å²) in [5, 5.41) is 9.47. The summed E-state index contributed by atoms with van der Waals surface area (Å²) in [5.74, 6) is 2.28. The van der Waals surface area contributed by atoms with Crippen LogP contribution in [-0.2, 0) is 16.2 Å². The molecule has 16 aromatic carbocycles. The summed E-state index contributed by atoms with van der Waals surface area (Å²) in [4.78, 5) is 31.0. The lowest BCUT2D eigenvalue weighted by Crippen LogP contribution is -2.28. The van der Waals surface area contributed by atoms with Crippen molar-refractivity contribution >= 4 is 132 Å². The molecule has 9 aromatic heterocycles. The van der Waals surface area contributed by atoms with Crippen molar-refractivity contribution in [3.8, 4) is 112 Å². The van der Waals surface area contributed by atoms with Gasteiger partial charge in [0.15, 0.2) is 34.2 Å². The van der Waals surface area contributed by atoms with Crippen molar-refractivity contribution in [1.29, 1.82) is 0 Å². The van der Waals surface area contributed by atoms with Crippen LogP contribution >= 0.6 is 0 Å². The Hall–Kier alpha value is -16.4. The fourth-order valence-electron chi connectivity index (χ4n) is 21.6. The van der Waals surface area contributed by atoms with Crippen LogP contribution < -0.4 is 0 Å². The fourth-order valence-corrected chi connectivity index (χ4v) is 21.6. The molecule has 3 aliphatic rings. The molecule has 12 nitrogen and oxygen atoms in total. The number of hydrogen-bond acceptors (Lipinski definition) is 12. The van der Waals surface area contributed by atoms with E-state index in [1.54, 1.807) is 0 Å². The molecule has 622 valence electrons. The van der Waals surface area contributed by atoms with Gasteiger partial charge in [-0.15, -0.1) is 0 Å². The summed E-state index contributed by atoms with van der Waals surface area (Å²) in [6.45, 7) is 16.2. The van der Waals surface area contributed by atoms with Crippen LogP contribution in [0, 0.1) is 5.92 Å². The van der Waals surface area contributed by atoms with Gasteiger partial charge in [0, 0.05) is 98.1 Å². The van der Waals surface area contributed by atoms with E-state index in [1.165, 1.54) is 66.8 Å². The Labute approximate surface area is 751 Å². The van der Waals surface area contributed by atoms with Crippen molar-refractivity contribution in [3.05, 3.63) is 385 Å². The van der Waals surface area contributed by atoms with Gasteiger partial charge in [-0.1, -0.05) is 321 Å². The first kappa shape index (κ1) is 75.9. The van der Waals surface area contributed by atoms with Crippen molar-refractivity contribution in [1.82, 2.24) is 29.9 Å². The third kappa shape index (κ3) is 11.3. The minimum absolute atomic E-state index is 0.0943. The average molecular weight is 1690 g/mol. The Morgan fingerprint density at radius 3 is 1.12 bits per heavy atom. The number of fused-ring (bicyclic) bond motifs is 27. The normalized spacial score (nSPS) is 14.4. The standard InChI is InChI=1S/C43H28N2O2.C39H28N2O2.C37H24N2O2/c1-43(2)33-17-9-6-14-28(33)31-24-32-29-15-7-10-18-34(29)46-40(32)36(37(31)43)25-20-22-27(23-21-25)42-44-38(26-12-4-3-5-13-26)41-39(45-42)30-16-8-11-19-35(30)47-41;1-22(2)39(3)29-18-10-7-15-24(29)27-21-28-25-16-8-11-19-30(25)42-36(28)32(33(27)39)35-37-34(26-17-9-12-20-31(26)43-37)40-38(41-35)23-13-5-4-6-14-23;1-37(2)27-16-8-6-13-22(27)25-19-26-31(20-28(25)37)40-30-18-10-15-24(32(26)30)36-38-33(21-11-4-3-5-12-21)35-34(39-36)23-14-7-9-17-29(23)41-35/h3-24H,1-2H3;4-22H,1-3H3;3-20H,1-2H3. The zero-order valence-corrected chi connectivity index (χ0v) is 72.7. The molecule has 9 heterocycles. The molecule has 0 aliphatic heterocycles. The second-order valence-corrected chi connectivity index (χ2v) is 36.4. The SMILES string of the molecule is CC(C)C1(C)c2ccccc2-c2cc3c(oc4ccccc43)c(-c3nc(-c4ccccc4)nc4c3oc3ccccc34)c21.CC1(C)c2ccccc2-c2cc3c(cc21)oc1cccc(-c2nc(-c4ccccc4)c4oc5ccccc5c4n2)c13.CC1(C)c2ccccc2-c2cc3c(oc4ccccc43)c(-c3ccc(-c4nc(-c5ccccc5)c5oc6ccccc6c5n4)cc3)c21. The van der Waals surface area contributed by atoms with Crippen LogP contribution in [0.15, 0.2) is 378 Å². The Balaban J connectivity index is 0.000000103. The Bertz CT molecular complexity index is 9100. The third-order valence-corrected chi connectivity index (χ3v) is 28.2. The summed E-state index contributed by atoms with van der Waals surface area (Å²) in [7, 11) is 0. The minimum Gasteiger partial charge on any atom is -0.456 e. The molecule has 1 unspecified atom stereocenters. The van der Waals surface area contributed by atoms with Crippen molar-refractivity contribution in [2.75, 3.05) is 0 Å². The molecule has 0 bridgehead atoms. The second kappa shape index (κ2) is 28.5. The summed E-state index contributed by atoms with van der Waals surface area (Å²) < 4.78 is 39.3. The van der Waals surface area contributed by atoms with E-state index in [4.69, 9.17) is 56.4 Å². The first-order valence-corrected chi connectivity index (χ1v) is 44.8. The van der Waals surface area contributed by atoms with Crippen LogP contribution in [0.5, 0.6) is 0 Å². The molecular formula is C119H80N6O6. The lowest BCUT2D eigenvalue weighted by molar-refractivity contribution is 0.415. The van der Waals surface area contributed by atoms with Gasteiger partial charge in [-0.05, 0) is 157 Å². The first-order chi connectivity index (χ1) is 64.2. The lowest BCUT2D eigenvalue weighted by atomic mass is 9.69. The highest BCUT2D eigenvalue weighted by Crippen LogP contribution is 2.61. The van der Waals surface area contributed by atoms with Gasteiger partial charge in [0.05, 0.1) is 5.56 Å². The number of aromatic nitrogens is 6. The number of para-hydroxylation sites is 5. The van der Waals surface area contributed by atoms with Gasteiger partial charge in [-0.25, -0.2) is 29.9 Å². The highest BCUT2D eigenvalue weighted by Gasteiger charge is 2.47. The number of nitrogens with zero attached hydrogens (tertiary/aromatic N) is 6. The number of hydrogen-bond donors (Lipinski definition) is 0. The van der Waals surface area contributed by atoms with Crippen molar-refractivity contribution in [2.24, 2.45) is 5.92 Å². The molecule has 0 spiro atoms. The number of benzene rings is 16. The van der Waals surface area contributed by atoms with E-state index in [0.29, 0.717) is 40.1 Å². The number of rotatable bonds is 8. The maximum atomic E-state index is 6.80. The van der Waals surface area contributed by atoms with Gasteiger partial charge in [0.1, 0.15) is 83.9 Å². The smallest absolute Gasteiger partial charge is 0.180 e. The Morgan fingerprint density at radius 1 is 0.221 bits per heavy atom. The molecule has 3 aliphatic carbocycles. The fraction of sp³-hybridized carbons (Fsp3) is 0.0924. The van der Waals surface area contributed by atoms with Crippen LogP contribution in [0.1, 0.15) is 81.8 Å². The van der Waals surface area contributed by atoms with Crippen molar-refractivity contribution < 1.29 is 26.5 Å². The molecule has 0 N–H and O–H groups in total. The molecule has 1 atom stereocenters. The van der Waals surface area contributed by atoms with E-state index in [9.17, 15) is 0 Å². The predicted molar refractivity (Wildman–Crippen MR) is 530 cm³/mol. The highest BCUT2D eigenvalue weighted by atomic mass is 16.4. The zero-order valence-electron chi connectivity index (χ0n) is 72.7. The molecule has 28 rings (SSSR count).